The van der Waals surface area contributed by atoms with Crippen LogP contribution in [-0.2, 0) is 21.2 Å². The number of aromatic nitrogens is 4. The maximum absolute atomic E-state index is 13.5. The van der Waals surface area contributed by atoms with Gasteiger partial charge in [-0.25, -0.2) is 24.5 Å². The van der Waals surface area contributed by atoms with Gasteiger partial charge in [-0.2, -0.15) is 13.2 Å². The van der Waals surface area contributed by atoms with Gasteiger partial charge in [0, 0.05) is 76.0 Å². The molecule has 1 fully saturated rings. The van der Waals surface area contributed by atoms with Gasteiger partial charge in [-0.05, 0) is 12.9 Å². The van der Waals surface area contributed by atoms with Gasteiger partial charge in [0.1, 0.15) is 17.3 Å². The van der Waals surface area contributed by atoms with Gasteiger partial charge in [0.15, 0.2) is 5.16 Å². The molecule has 0 spiro atoms. The van der Waals surface area contributed by atoms with Crippen LogP contribution in [0.5, 0.6) is 0 Å². The van der Waals surface area contributed by atoms with Gasteiger partial charge in [0.05, 0.1) is 0 Å². The first kappa shape index (κ1) is 23.4. The fourth-order valence-corrected chi connectivity index (χ4v) is 3.31. The number of nitrogens with zero attached hydrogens (tertiary/aromatic N) is 5. The zero-order chi connectivity index (χ0) is 34.6. The third-order valence-corrected chi connectivity index (χ3v) is 5.31. The third kappa shape index (κ3) is 11.4. The topological polar surface area (TPSA) is 153 Å². The lowest BCUT2D eigenvalue weighted by Gasteiger charge is -2.36. The summed E-state index contributed by atoms with van der Waals surface area (Å²) >= 11 is 0.254. The Hall–Kier alpha value is -3.46. The molecule has 2 aromatic heterocycles. The molecule has 3 N–H and O–H groups in total. The Labute approximate surface area is 235 Å². The highest BCUT2D eigenvalue weighted by Gasteiger charge is 2.35. The standard InChI is InChI=1S/C20H27F3N6OS.C4H4O4/c1-19(2,3)17-25-14(20(21,22)23)13-15(26-17)29-10-8-28(9-11-29)7-4-12-31-18-24-6-5-16(30)27-18;5-3(6)1-2-4(7)8/h5-6,13H,4,7-12H2,1-3H3,(H,24,27,30);1-2H,(H,5,6)(H,7,8)/b;2-1+/i4D2,7D2,12D2;. The first-order valence-electron chi connectivity index (χ1n) is 14.2. The van der Waals surface area contributed by atoms with Gasteiger partial charge in [0.25, 0.3) is 5.56 Å². The van der Waals surface area contributed by atoms with Crippen molar-refractivity contribution >= 4 is 29.5 Å². The van der Waals surface area contributed by atoms with Crippen LogP contribution in [0.2, 0.25) is 0 Å². The summed E-state index contributed by atoms with van der Waals surface area (Å²) in [5.41, 5.74) is -5.26. The van der Waals surface area contributed by atoms with Crippen molar-refractivity contribution in [2.75, 3.05) is 43.3 Å². The SMILES string of the molecule is O=C(O)/C=C/C(=O)O.[2H]C([2H])(Sc1nccc(=O)[nH]1)C([2H])([2H])C([2H])([2H])N1CCN(c2cc(C(F)(F)F)nc(C(C)(C)C)n2)CC1. The van der Waals surface area contributed by atoms with Gasteiger partial charge in [-0.15, -0.1) is 0 Å². The largest absolute Gasteiger partial charge is 0.478 e. The molecule has 0 radical (unpaired) electrons. The Morgan fingerprint density at radius 1 is 1.13 bits per heavy atom. The zero-order valence-corrected chi connectivity index (χ0v) is 21.9. The van der Waals surface area contributed by atoms with Crippen molar-refractivity contribution in [3.8, 4) is 0 Å². The molecule has 0 atom stereocenters. The zero-order valence-electron chi connectivity index (χ0n) is 27.1. The van der Waals surface area contributed by atoms with Crippen LogP contribution < -0.4 is 10.5 Å². The molecule has 0 amide bonds. The lowest BCUT2D eigenvalue weighted by molar-refractivity contribution is -0.141. The monoisotopic (exact) mass is 578 g/mol. The normalized spacial score (nSPS) is 18.1. The summed E-state index contributed by atoms with van der Waals surface area (Å²) in [5, 5.41) is 15.4. The number of piperazine rings is 1. The van der Waals surface area contributed by atoms with E-state index in [1.807, 2.05) is 0 Å². The van der Waals surface area contributed by atoms with E-state index in [-0.39, 0.29) is 54.7 Å². The second-order valence-corrected chi connectivity index (χ2v) is 9.64. The minimum atomic E-state index is -4.69. The smallest absolute Gasteiger partial charge is 0.433 e. The Morgan fingerprint density at radius 3 is 2.26 bits per heavy atom. The van der Waals surface area contributed by atoms with Gasteiger partial charge in [-0.1, -0.05) is 32.5 Å². The first-order valence-corrected chi connectivity index (χ1v) is 12.0. The number of aliphatic carboxylic acids is 2. The van der Waals surface area contributed by atoms with Gasteiger partial charge < -0.3 is 20.1 Å². The molecule has 11 nitrogen and oxygen atoms in total. The summed E-state index contributed by atoms with van der Waals surface area (Å²) in [5.74, 6) is -2.48. The number of halogens is 3. The number of carboxylic acid groups (broad SMARTS) is 2. The molecule has 0 bridgehead atoms. The van der Waals surface area contributed by atoms with Crippen molar-refractivity contribution < 1.29 is 41.2 Å². The highest BCUT2D eigenvalue weighted by Crippen LogP contribution is 2.32. The highest BCUT2D eigenvalue weighted by molar-refractivity contribution is 7.99. The highest BCUT2D eigenvalue weighted by atomic mass is 32.2. The number of thioether (sulfide) groups is 1. The van der Waals surface area contributed by atoms with Gasteiger partial charge >= 0.3 is 18.1 Å². The number of rotatable bonds is 8. The summed E-state index contributed by atoms with van der Waals surface area (Å²) in [7, 11) is 0. The summed E-state index contributed by atoms with van der Waals surface area (Å²) in [6.07, 6.45) is -5.53. The van der Waals surface area contributed by atoms with Crippen LogP contribution in [0.15, 0.2) is 40.4 Å². The number of hydrogen-bond acceptors (Lipinski definition) is 9. The molecule has 0 aromatic carbocycles. The van der Waals surface area contributed by atoms with Crippen molar-refractivity contribution in [2.24, 2.45) is 0 Å². The lowest BCUT2D eigenvalue weighted by Crippen LogP contribution is -2.47. The van der Waals surface area contributed by atoms with E-state index < -0.39 is 53.4 Å². The minimum absolute atomic E-state index is 0.00389. The van der Waals surface area contributed by atoms with Crippen LogP contribution in [0.4, 0.5) is 19.0 Å². The Bertz CT molecular complexity index is 1420. The van der Waals surface area contributed by atoms with E-state index in [4.69, 9.17) is 18.4 Å². The number of carboxylic acids is 2. The van der Waals surface area contributed by atoms with E-state index in [2.05, 4.69) is 19.9 Å². The van der Waals surface area contributed by atoms with E-state index in [0.717, 1.165) is 23.2 Å². The number of nitrogens with one attached hydrogen (secondary N) is 1. The molecule has 0 aliphatic carbocycles. The maximum Gasteiger partial charge on any atom is 0.433 e. The molecule has 1 saturated heterocycles. The predicted molar refractivity (Wildman–Crippen MR) is 139 cm³/mol. The Kier molecular flexibility index (Phi) is 8.46. The Balaban J connectivity index is 0.000000777. The number of hydrogen-bond donors (Lipinski definition) is 3. The van der Waals surface area contributed by atoms with Crippen LogP contribution in [0.25, 0.3) is 0 Å². The average molecular weight is 579 g/mol. The second-order valence-electron chi connectivity index (χ2n) is 8.85. The van der Waals surface area contributed by atoms with Crippen LogP contribution in [0.3, 0.4) is 0 Å². The molecule has 1 aliphatic heterocycles. The van der Waals surface area contributed by atoms with E-state index in [0.29, 0.717) is 12.2 Å². The molecule has 1 aliphatic rings. The number of anilines is 1. The van der Waals surface area contributed by atoms with Crippen molar-refractivity contribution in [1.82, 2.24) is 24.8 Å². The number of alkyl halides is 3. The summed E-state index contributed by atoms with van der Waals surface area (Å²) in [6, 6.07) is 1.94. The van der Waals surface area contributed by atoms with E-state index in [1.165, 1.54) is 4.90 Å². The van der Waals surface area contributed by atoms with Gasteiger partial charge in [-0.3, -0.25) is 9.69 Å². The molecule has 0 unspecified atom stereocenters. The van der Waals surface area contributed by atoms with Crippen molar-refractivity contribution in [3.63, 3.8) is 0 Å². The van der Waals surface area contributed by atoms with E-state index >= 15 is 0 Å². The quantitative estimate of drug-likeness (QED) is 0.241. The number of H-pyrrole nitrogens is 1. The second kappa shape index (κ2) is 14.1. The molecular formula is C24H31F3N6O5S. The summed E-state index contributed by atoms with van der Waals surface area (Å²) < 4.78 is 90.5. The predicted octanol–water partition coefficient (Wildman–Crippen LogP) is 2.89. The molecular weight excluding hydrogens is 541 g/mol. The molecule has 3 rings (SSSR count). The van der Waals surface area contributed by atoms with E-state index in [1.54, 1.807) is 20.8 Å². The molecule has 0 saturated carbocycles. The Morgan fingerprint density at radius 2 is 1.74 bits per heavy atom. The van der Waals surface area contributed by atoms with Crippen LogP contribution in [0, 0.1) is 0 Å². The van der Waals surface area contributed by atoms with Crippen molar-refractivity contribution in [1.29, 1.82) is 0 Å². The van der Waals surface area contributed by atoms with Crippen LogP contribution in [-0.4, -0.2) is 85.4 Å². The fourth-order valence-electron chi connectivity index (χ4n) is 2.85. The summed E-state index contributed by atoms with van der Waals surface area (Å²) in [4.78, 5) is 47.3. The molecule has 214 valence electrons. The van der Waals surface area contributed by atoms with Crippen LogP contribution in [0.1, 0.15) is 46.9 Å². The molecule has 3 heterocycles. The number of carbonyl (C=O) groups is 2. The number of aromatic amines is 1. The summed E-state index contributed by atoms with van der Waals surface area (Å²) in [6.45, 7) is 2.08. The maximum atomic E-state index is 13.5. The molecule has 39 heavy (non-hydrogen) atoms. The third-order valence-electron chi connectivity index (χ3n) is 4.71. The van der Waals surface area contributed by atoms with E-state index in [9.17, 15) is 27.6 Å². The lowest BCUT2D eigenvalue weighted by atomic mass is 9.95. The minimum Gasteiger partial charge on any atom is -0.478 e. The van der Waals surface area contributed by atoms with Crippen LogP contribution >= 0.6 is 11.8 Å². The fraction of sp³-hybridized carbons (Fsp3) is 0.500. The average Bonchev–Trinajstić information content (AvgIpc) is 2.90. The molecule has 2 aromatic rings. The van der Waals surface area contributed by atoms with Crippen molar-refractivity contribution in [3.05, 3.63) is 52.4 Å². The first-order chi connectivity index (χ1) is 20.4. The molecule has 15 heteroatoms. The van der Waals surface area contributed by atoms with Gasteiger partial charge in [0.2, 0.25) is 0 Å². The van der Waals surface area contributed by atoms with Crippen molar-refractivity contribution in [2.45, 2.75) is 43.9 Å².